The van der Waals surface area contributed by atoms with Crippen LogP contribution in [0.1, 0.15) is 75.3 Å². The van der Waals surface area contributed by atoms with Crippen molar-refractivity contribution >= 4 is 58.6 Å². The zero-order valence-electron chi connectivity index (χ0n) is 27.4. The molecule has 0 heterocycles. The van der Waals surface area contributed by atoms with Gasteiger partial charge in [-0.2, -0.15) is 11.1 Å². The van der Waals surface area contributed by atoms with Crippen molar-refractivity contribution in [2.75, 3.05) is 14.2 Å². The van der Waals surface area contributed by atoms with Crippen LogP contribution in [0, 0.1) is 0 Å². The lowest BCUT2D eigenvalue weighted by atomic mass is 10.2. The van der Waals surface area contributed by atoms with Gasteiger partial charge in [0.1, 0.15) is 11.5 Å². The van der Waals surface area contributed by atoms with Crippen LogP contribution in [-0.2, 0) is 17.6 Å². The first-order valence-electron chi connectivity index (χ1n) is 13.7. The Morgan fingerprint density at radius 1 is 0.825 bits per heavy atom. The van der Waals surface area contributed by atoms with E-state index in [4.69, 9.17) is 31.5 Å². The fraction of sp³-hybridized carbons (Fsp3) is 0.613. The second-order valence-corrected chi connectivity index (χ2v) is 25.6. The van der Waals surface area contributed by atoms with Gasteiger partial charge in [0.05, 0.1) is 27.4 Å². The van der Waals surface area contributed by atoms with Gasteiger partial charge in [0, 0.05) is 21.4 Å². The summed E-state index contributed by atoms with van der Waals surface area (Å²) in [5, 5.41) is 9.49. The van der Waals surface area contributed by atoms with Gasteiger partial charge < -0.3 is 19.0 Å². The Labute approximate surface area is 272 Å². The molecule has 4 nitrogen and oxygen atoms in total. The van der Waals surface area contributed by atoms with Crippen LogP contribution < -0.4 is 9.47 Å². The van der Waals surface area contributed by atoms with Crippen LogP contribution in [0.15, 0.2) is 45.3 Å². The molecule has 0 bridgehead atoms. The molecule has 9 heteroatoms. The lowest BCUT2D eigenvalue weighted by Crippen LogP contribution is -2.40. The number of rotatable bonds is 6. The average molecular weight is 746 g/mol. The molecule has 40 heavy (non-hydrogen) atoms. The molecule has 0 fully saturated rings. The number of ether oxygens (including phenoxy) is 2. The Morgan fingerprint density at radius 2 is 1.18 bits per heavy atom. The minimum Gasteiger partial charge on any atom is -0.496 e. The van der Waals surface area contributed by atoms with Gasteiger partial charge in [0.15, 0.2) is 15.7 Å². The number of aliphatic hydroxyl groups is 1. The summed E-state index contributed by atoms with van der Waals surface area (Å²) in [5.41, 5.74) is 1.87. The normalized spacial score (nSPS) is 11.7. The second kappa shape index (κ2) is 19.8. The lowest BCUT2D eigenvalue weighted by molar-refractivity contribution is 0.269. The number of aliphatic hydroxyl groups excluding tert-OH is 1. The molecule has 1 N–H and O–H groups in total. The van der Waals surface area contributed by atoms with E-state index >= 15 is 0 Å². The van der Waals surface area contributed by atoms with Gasteiger partial charge in [-0.1, -0.05) is 120 Å². The molecule has 0 aliphatic carbocycles. The SMILES string of the molecule is C.CC(C)(C)[Si](C)(C)Cl.COc1cccc(Br)c1CO.COc1cccc(Br)c1CO[Si](C)(C)C(C)(C)C.[2H]CC. The third-order valence-corrected chi connectivity index (χ3v) is 18.1. The molecule has 0 unspecified atom stereocenters. The summed E-state index contributed by atoms with van der Waals surface area (Å²) in [5.74, 6) is 1.59. The number of benzene rings is 2. The third-order valence-electron chi connectivity index (χ3n) is 6.92. The molecule has 0 aliphatic heterocycles. The van der Waals surface area contributed by atoms with Crippen molar-refractivity contribution in [1.82, 2.24) is 0 Å². The van der Waals surface area contributed by atoms with Gasteiger partial charge in [-0.3, -0.25) is 0 Å². The molecular formula is C31H57Br2ClO4Si2. The third kappa shape index (κ3) is 15.2. The fourth-order valence-electron chi connectivity index (χ4n) is 2.22. The topological polar surface area (TPSA) is 47.9 Å². The summed E-state index contributed by atoms with van der Waals surface area (Å²) in [7, 11) is 0.167. The molecule has 2 rings (SSSR count). The van der Waals surface area contributed by atoms with Gasteiger partial charge in [-0.25, -0.2) is 0 Å². The van der Waals surface area contributed by atoms with Gasteiger partial charge in [-0.15, -0.1) is 0 Å². The first-order chi connectivity index (χ1) is 18.1. The first kappa shape index (κ1) is 41.8. The van der Waals surface area contributed by atoms with Crippen molar-refractivity contribution < 1.29 is 20.4 Å². The smallest absolute Gasteiger partial charge is 0.192 e. The molecule has 0 amide bonds. The molecule has 0 atom stereocenters. The molecule has 234 valence electrons. The highest BCUT2D eigenvalue weighted by Gasteiger charge is 2.37. The summed E-state index contributed by atoms with van der Waals surface area (Å²) >= 11 is 13.0. The van der Waals surface area contributed by atoms with Crippen molar-refractivity contribution in [2.45, 2.75) is 112 Å². The first-order valence-corrected chi connectivity index (χ1v) is 21.5. The summed E-state index contributed by atoms with van der Waals surface area (Å²) in [6.45, 7) is 25.1. The van der Waals surface area contributed by atoms with Gasteiger partial charge in [0.2, 0.25) is 0 Å². The van der Waals surface area contributed by atoms with Crippen molar-refractivity contribution in [3.63, 3.8) is 0 Å². The van der Waals surface area contributed by atoms with Crippen molar-refractivity contribution in [2.24, 2.45) is 0 Å². The summed E-state index contributed by atoms with van der Waals surface area (Å²) in [6.07, 6.45) is 0. The number of hydrogen-bond acceptors (Lipinski definition) is 4. The van der Waals surface area contributed by atoms with Crippen LogP contribution in [0.25, 0.3) is 0 Å². The van der Waals surface area contributed by atoms with Crippen LogP contribution in [0.3, 0.4) is 0 Å². The number of hydrogen-bond donors (Lipinski definition) is 1. The zero-order chi connectivity index (χ0) is 31.9. The zero-order valence-corrected chi connectivity index (χ0v) is 32.3. The van der Waals surface area contributed by atoms with Gasteiger partial charge >= 0.3 is 0 Å². The minimum absolute atomic E-state index is 0. The van der Waals surface area contributed by atoms with Crippen LogP contribution in [0.4, 0.5) is 0 Å². The predicted octanol–water partition coefficient (Wildman–Crippen LogP) is 11.8. The molecular weight excluding hydrogens is 688 g/mol. The Morgan fingerprint density at radius 3 is 1.45 bits per heavy atom. The van der Waals surface area contributed by atoms with E-state index in [1.54, 1.807) is 21.1 Å². The van der Waals surface area contributed by atoms with Crippen LogP contribution in [0.2, 0.25) is 36.3 Å². The number of methoxy groups -OCH3 is 2. The fourth-order valence-corrected chi connectivity index (χ4v) is 4.10. The van der Waals surface area contributed by atoms with Crippen LogP contribution in [0.5, 0.6) is 11.5 Å². The van der Waals surface area contributed by atoms with E-state index in [0.717, 1.165) is 25.8 Å². The van der Waals surface area contributed by atoms with E-state index in [1.807, 2.05) is 36.4 Å². The largest absolute Gasteiger partial charge is 0.496 e. The van der Waals surface area contributed by atoms with Gasteiger partial charge in [-0.05, 0) is 47.4 Å². The maximum Gasteiger partial charge on any atom is 0.192 e. The molecule has 2 aromatic carbocycles. The van der Waals surface area contributed by atoms with E-state index in [1.165, 1.54) is 0 Å². The summed E-state index contributed by atoms with van der Waals surface area (Å²) < 4.78 is 24.8. The van der Waals surface area contributed by atoms with E-state index < -0.39 is 15.7 Å². The van der Waals surface area contributed by atoms with Crippen molar-refractivity contribution in [3.05, 3.63) is 56.5 Å². The average Bonchev–Trinajstić information content (AvgIpc) is 2.82. The minimum atomic E-state index is -1.72. The molecule has 2 aromatic rings. The highest BCUT2D eigenvalue weighted by Crippen LogP contribution is 2.39. The maximum atomic E-state index is 8.92. The Kier molecular flexibility index (Phi) is 20.6. The summed E-state index contributed by atoms with van der Waals surface area (Å²) in [4.78, 5) is 0. The predicted molar refractivity (Wildman–Crippen MR) is 190 cm³/mol. The van der Waals surface area contributed by atoms with E-state index in [9.17, 15) is 0 Å². The highest BCUT2D eigenvalue weighted by atomic mass is 79.9. The van der Waals surface area contributed by atoms with E-state index in [0.29, 0.717) is 24.3 Å². The standard InChI is InChI=1S/C14H23BrO2Si.C8H9BrO2.C6H15ClSi.C2H6.CH4/c1-14(2,3)18(5,6)17-10-11-12(15)8-7-9-13(11)16-4;1-11-8-4-2-3-7(9)6(8)5-10;1-6(2,3)8(4,5)7;1-2;/h7-9H,10H2,1-6H3;2-4,10H,5H2,1H3;1-5H3;1-2H3;1H4/i;;;1D;. The molecule has 0 aromatic heterocycles. The Balaban J connectivity index is -0.000000537. The van der Waals surface area contributed by atoms with E-state index in [-0.39, 0.29) is 19.1 Å². The van der Waals surface area contributed by atoms with Crippen molar-refractivity contribution in [3.8, 4) is 11.5 Å². The van der Waals surface area contributed by atoms with E-state index in [2.05, 4.69) is 99.6 Å². The van der Waals surface area contributed by atoms with Gasteiger partial charge in [0.25, 0.3) is 0 Å². The second-order valence-electron chi connectivity index (χ2n) is 11.8. The molecule has 0 spiro atoms. The van der Waals surface area contributed by atoms with Crippen LogP contribution >= 0.6 is 42.9 Å². The quantitative estimate of drug-likeness (QED) is 0.236. The Hall–Kier alpha value is -0.356. The monoisotopic (exact) mass is 743 g/mol. The lowest BCUT2D eigenvalue weighted by Gasteiger charge is -2.36. The maximum absolute atomic E-state index is 8.92. The Bertz CT molecular complexity index is 978. The molecule has 0 saturated heterocycles. The summed E-state index contributed by atoms with van der Waals surface area (Å²) in [6, 6.07) is 11.5. The van der Waals surface area contributed by atoms with Crippen LogP contribution in [-0.4, -0.2) is 35.0 Å². The molecule has 0 saturated carbocycles. The highest BCUT2D eigenvalue weighted by molar-refractivity contribution is 9.10. The number of halogens is 3. The molecule has 0 radical (unpaired) electrons. The van der Waals surface area contributed by atoms with Crippen molar-refractivity contribution in [1.29, 1.82) is 0 Å². The molecule has 0 aliphatic rings.